The number of benzene rings is 2. The van der Waals surface area contributed by atoms with Crippen LogP contribution in [0, 0.1) is 0 Å². The molecular formula is C22H28N2O3S2. The van der Waals surface area contributed by atoms with Crippen LogP contribution in [0.5, 0.6) is 5.75 Å². The summed E-state index contributed by atoms with van der Waals surface area (Å²) in [5.74, 6) is 3.03. The van der Waals surface area contributed by atoms with Gasteiger partial charge in [-0.25, -0.2) is 0 Å². The van der Waals surface area contributed by atoms with Crippen molar-refractivity contribution < 1.29 is 14.7 Å². The number of aromatic hydroxyl groups is 1. The van der Waals surface area contributed by atoms with E-state index in [4.69, 9.17) is 0 Å². The Morgan fingerprint density at radius 2 is 1.31 bits per heavy atom. The molecule has 156 valence electrons. The molecule has 0 saturated carbocycles. The Kier molecular flexibility index (Phi) is 9.94. The van der Waals surface area contributed by atoms with Crippen molar-refractivity contribution in [1.29, 1.82) is 0 Å². The Balaban J connectivity index is 2.13. The van der Waals surface area contributed by atoms with Gasteiger partial charge >= 0.3 is 0 Å². The van der Waals surface area contributed by atoms with Gasteiger partial charge in [0.15, 0.2) is 0 Å². The maximum Gasteiger partial charge on any atom is 0.220 e. The molecule has 3 N–H and O–H groups in total. The first-order chi connectivity index (χ1) is 14.0. The van der Waals surface area contributed by atoms with Gasteiger partial charge in [-0.2, -0.15) is 23.5 Å². The van der Waals surface area contributed by atoms with Crippen LogP contribution in [-0.4, -0.2) is 42.5 Å². The summed E-state index contributed by atoms with van der Waals surface area (Å²) in [5.41, 5.74) is 3.90. The van der Waals surface area contributed by atoms with Gasteiger partial charge in [-0.1, -0.05) is 30.3 Å². The minimum absolute atomic E-state index is 0.0213. The highest BCUT2D eigenvalue weighted by molar-refractivity contribution is 7.98. The first-order valence-corrected chi connectivity index (χ1v) is 11.8. The number of amides is 2. The summed E-state index contributed by atoms with van der Waals surface area (Å²) in [6.07, 6.45) is 0.922. The molecular weight excluding hydrogens is 404 g/mol. The van der Waals surface area contributed by atoms with E-state index in [0.29, 0.717) is 41.6 Å². The average Bonchev–Trinajstić information content (AvgIpc) is 2.76. The van der Waals surface area contributed by atoms with Gasteiger partial charge in [0.1, 0.15) is 5.75 Å². The van der Waals surface area contributed by atoms with E-state index in [1.54, 1.807) is 37.6 Å². The maximum absolute atomic E-state index is 11.4. The molecule has 0 radical (unpaired) electrons. The van der Waals surface area contributed by atoms with Gasteiger partial charge < -0.3 is 15.7 Å². The predicted octanol–water partition coefficient (Wildman–Crippen LogP) is 3.80. The molecule has 0 aromatic heterocycles. The fourth-order valence-corrected chi connectivity index (χ4v) is 4.55. The highest BCUT2D eigenvalue weighted by Crippen LogP contribution is 2.34. The van der Waals surface area contributed by atoms with Crippen molar-refractivity contribution in [3.05, 3.63) is 53.6 Å². The van der Waals surface area contributed by atoms with Gasteiger partial charge in [0.25, 0.3) is 0 Å². The molecule has 0 aliphatic carbocycles. The summed E-state index contributed by atoms with van der Waals surface area (Å²) in [4.78, 5) is 22.8. The molecule has 5 nitrogen and oxygen atoms in total. The van der Waals surface area contributed by atoms with E-state index in [1.165, 1.54) is 0 Å². The molecule has 2 aromatic rings. The minimum Gasteiger partial charge on any atom is -0.507 e. The lowest BCUT2D eigenvalue weighted by molar-refractivity contribution is -0.121. The molecule has 2 rings (SSSR count). The van der Waals surface area contributed by atoms with Gasteiger partial charge in [0.2, 0.25) is 11.8 Å². The monoisotopic (exact) mass is 432 g/mol. The summed E-state index contributed by atoms with van der Waals surface area (Å²) in [6.45, 7) is 0. The molecule has 0 fully saturated rings. The number of carbonyl (C=O) groups is 2. The van der Waals surface area contributed by atoms with Crippen molar-refractivity contribution in [2.45, 2.75) is 24.3 Å². The van der Waals surface area contributed by atoms with Gasteiger partial charge in [-0.15, -0.1) is 0 Å². The number of carbonyl (C=O) groups excluding carboxylic acids is 2. The number of rotatable bonds is 11. The predicted molar refractivity (Wildman–Crippen MR) is 123 cm³/mol. The van der Waals surface area contributed by atoms with Crippen LogP contribution in [0.4, 0.5) is 0 Å². The summed E-state index contributed by atoms with van der Waals surface area (Å²) >= 11 is 3.26. The van der Waals surface area contributed by atoms with Crippen LogP contribution >= 0.6 is 23.5 Å². The van der Waals surface area contributed by atoms with Crippen molar-refractivity contribution in [1.82, 2.24) is 10.6 Å². The Morgan fingerprint density at radius 1 is 0.828 bits per heavy atom. The Morgan fingerprint density at radius 3 is 1.76 bits per heavy atom. The second kappa shape index (κ2) is 12.4. The number of hydrogen-bond acceptors (Lipinski definition) is 5. The second-order valence-corrected chi connectivity index (χ2v) is 8.67. The fourth-order valence-electron chi connectivity index (χ4n) is 2.72. The third kappa shape index (κ3) is 7.66. The zero-order valence-electron chi connectivity index (χ0n) is 16.9. The zero-order valence-corrected chi connectivity index (χ0v) is 18.5. The van der Waals surface area contributed by atoms with Crippen LogP contribution in [0.3, 0.4) is 0 Å². The van der Waals surface area contributed by atoms with Crippen molar-refractivity contribution in [2.75, 3.05) is 25.6 Å². The van der Waals surface area contributed by atoms with Crippen LogP contribution < -0.4 is 10.6 Å². The lowest BCUT2D eigenvalue weighted by Gasteiger charge is -2.14. The smallest absolute Gasteiger partial charge is 0.220 e. The third-order valence-corrected chi connectivity index (χ3v) is 6.41. The summed E-state index contributed by atoms with van der Waals surface area (Å²) in [7, 11) is 3.27. The van der Waals surface area contributed by atoms with E-state index in [9.17, 15) is 14.7 Å². The lowest BCUT2D eigenvalue weighted by atomic mass is 10.00. The number of thioether (sulfide) groups is 2. The SMILES string of the molecule is CNC(=O)CCSCc1cc(-c2ccccc2)cc(CSCCC(=O)NC)c1O. The van der Waals surface area contributed by atoms with Crippen LogP contribution in [0.25, 0.3) is 11.1 Å². The topological polar surface area (TPSA) is 78.4 Å². The normalized spacial score (nSPS) is 10.6. The van der Waals surface area contributed by atoms with E-state index in [0.717, 1.165) is 22.3 Å². The third-order valence-electron chi connectivity index (χ3n) is 4.39. The minimum atomic E-state index is 0.0213. The molecule has 0 bridgehead atoms. The first kappa shape index (κ1) is 23.2. The molecule has 0 saturated heterocycles. The van der Waals surface area contributed by atoms with E-state index in [1.807, 2.05) is 30.3 Å². The largest absolute Gasteiger partial charge is 0.507 e. The van der Waals surface area contributed by atoms with Crippen LogP contribution in [0.15, 0.2) is 42.5 Å². The maximum atomic E-state index is 11.4. The number of nitrogens with one attached hydrogen (secondary N) is 2. The molecule has 0 heterocycles. The van der Waals surface area contributed by atoms with Gasteiger partial charge in [-0.05, 0) is 23.3 Å². The molecule has 0 spiro atoms. The molecule has 29 heavy (non-hydrogen) atoms. The zero-order chi connectivity index (χ0) is 21.1. The summed E-state index contributed by atoms with van der Waals surface area (Å²) in [5, 5.41) is 16.0. The number of phenolic OH excluding ortho intramolecular Hbond substituents is 1. The van der Waals surface area contributed by atoms with E-state index in [-0.39, 0.29) is 11.8 Å². The average molecular weight is 433 g/mol. The molecule has 2 amide bonds. The Bertz CT molecular complexity index is 768. The van der Waals surface area contributed by atoms with Crippen LogP contribution in [0.1, 0.15) is 24.0 Å². The first-order valence-electron chi connectivity index (χ1n) is 9.52. The number of hydrogen-bond donors (Lipinski definition) is 3. The van der Waals surface area contributed by atoms with E-state index < -0.39 is 0 Å². The van der Waals surface area contributed by atoms with Crippen molar-refractivity contribution in [3.63, 3.8) is 0 Å². The van der Waals surface area contributed by atoms with Crippen LogP contribution in [0.2, 0.25) is 0 Å². The second-order valence-electron chi connectivity index (χ2n) is 6.46. The van der Waals surface area contributed by atoms with Gasteiger partial charge in [0.05, 0.1) is 0 Å². The number of phenols is 1. The van der Waals surface area contributed by atoms with Gasteiger partial charge in [0, 0.05) is 61.1 Å². The quantitative estimate of drug-likeness (QED) is 0.471. The Labute approximate surface area is 181 Å². The standard InChI is InChI=1S/C22H28N2O3S2/c1-23-20(25)8-10-28-14-18-12-17(16-6-4-3-5-7-16)13-19(22(18)27)15-29-11-9-21(26)24-2/h3-7,12-13,27H,8-11,14-15H2,1-2H3,(H,23,25)(H,24,26). The van der Waals surface area contributed by atoms with Crippen LogP contribution in [-0.2, 0) is 21.1 Å². The van der Waals surface area contributed by atoms with Crippen molar-refractivity contribution in [3.8, 4) is 16.9 Å². The molecule has 0 unspecified atom stereocenters. The van der Waals surface area contributed by atoms with E-state index in [2.05, 4.69) is 22.8 Å². The molecule has 7 heteroatoms. The molecule has 0 aliphatic rings. The molecule has 0 atom stereocenters. The van der Waals surface area contributed by atoms with Crippen molar-refractivity contribution in [2.24, 2.45) is 0 Å². The summed E-state index contributed by atoms with van der Waals surface area (Å²) in [6, 6.07) is 14.1. The fraction of sp³-hybridized carbons (Fsp3) is 0.364. The van der Waals surface area contributed by atoms with Crippen molar-refractivity contribution >= 4 is 35.3 Å². The molecule has 2 aromatic carbocycles. The highest BCUT2D eigenvalue weighted by atomic mass is 32.2. The Hall–Kier alpha value is -2.12. The molecule has 0 aliphatic heterocycles. The lowest BCUT2D eigenvalue weighted by Crippen LogP contribution is -2.17. The van der Waals surface area contributed by atoms with E-state index >= 15 is 0 Å². The highest BCUT2D eigenvalue weighted by Gasteiger charge is 2.12. The van der Waals surface area contributed by atoms with Gasteiger partial charge in [-0.3, -0.25) is 9.59 Å². The summed E-state index contributed by atoms with van der Waals surface area (Å²) < 4.78 is 0.